The van der Waals surface area contributed by atoms with Gasteiger partial charge in [-0.25, -0.2) is 4.79 Å². The lowest BCUT2D eigenvalue weighted by Crippen LogP contribution is -2.40. The summed E-state index contributed by atoms with van der Waals surface area (Å²) in [6.07, 6.45) is 2.42. The van der Waals surface area contributed by atoms with Gasteiger partial charge in [0.1, 0.15) is 5.60 Å². The molecule has 1 amide bonds. The molecule has 98 valence electrons. The molecule has 5 heteroatoms. The fourth-order valence-electron chi connectivity index (χ4n) is 1.88. The highest BCUT2D eigenvalue weighted by Gasteiger charge is 2.26. The van der Waals surface area contributed by atoms with E-state index in [2.05, 4.69) is 33.6 Å². The van der Waals surface area contributed by atoms with Crippen LogP contribution in [-0.4, -0.2) is 28.1 Å². The molecule has 2 heterocycles. The maximum Gasteiger partial charge on any atom is 0.410 e. The number of carbonyl (C=O) groups excluding carboxylic acids is 1. The number of hydrogen-bond acceptors (Lipinski definition) is 3. The van der Waals surface area contributed by atoms with Gasteiger partial charge in [0.05, 0.1) is 6.54 Å². The summed E-state index contributed by atoms with van der Waals surface area (Å²) >= 11 is 2.24. The number of halogens is 1. The van der Waals surface area contributed by atoms with Crippen LogP contribution < -0.4 is 0 Å². The van der Waals surface area contributed by atoms with Gasteiger partial charge in [-0.15, -0.1) is 0 Å². The van der Waals surface area contributed by atoms with Crippen LogP contribution in [0.3, 0.4) is 0 Å². The molecule has 1 aliphatic rings. The largest absolute Gasteiger partial charge is 0.444 e. The van der Waals surface area contributed by atoms with E-state index in [9.17, 15) is 4.79 Å². The number of hydrogen-bond donors (Lipinski definition) is 0. The van der Waals surface area contributed by atoms with Crippen LogP contribution in [0, 0.1) is 3.57 Å². The van der Waals surface area contributed by atoms with E-state index in [1.807, 2.05) is 27.0 Å². The number of rotatable bonds is 0. The van der Waals surface area contributed by atoms with E-state index in [0.717, 1.165) is 21.2 Å². The second-order valence-corrected chi connectivity index (χ2v) is 6.66. The van der Waals surface area contributed by atoms with Crippen molar-refractivity contribution in [3.05, 3.63) is 27.1 Å². The van der Waals surface area contributed by atoms with Gasteiger partial charge >= 0.3 is 6.09 Å². The third-order valence-corrected chi connectivity index (χ3v) is 3.25. The Balaban J connectivity index is 2.09. The standard InChI is InChI=1S/C13H17IN2O2/c1-13(2,3)18-12(17)16-5-4-11-9(8-16)6-10(14)7-15-11/h6-7H,4-5,8H2,1-3H3. The third kappa shape index (κ3) is 3.34. The predicted octanol–water partition coefficient (Wildman–Crippen LogP) is 2.98. The minimum atomic E-state index is -0.444. The van der Waals surface area contributed by atoms with Crippen LogP contribution in [0.25, 0.3) is 0 Å². The summed E-state index contributed by atoms with van der Waals surface area (Å²) < 4.78 is 6.48. The summed E-state index contributed by atoms with van der Waals surface area (Å²) in [5, 5.41) is 0. The maximum absolute atomic E-state index is 12.0. The lowest BCUT2D eigenvalue weighted by atomic mass is 10.1. The van der Waals surface area contributed by atoms with Crippen LogP contribution >= 0.6 is 22.6 Å². The normalized spacial score (nSPS) is 15.2. The number of ether oxygens (including phenoxy) is 1. The molecule has 0 unspecified atom stereocenters. The van der Waals surface area contributed by atoms with E-state index in [0.29, 0.717) is 13.1 Å². The van der Waals surface area contributed by atoms with Crippen LogP contribution in [-0.2, 0) is 17.7 Å². The molecule has 1 aromatic rings. The van der Waals surface area contributed by atoms with E-state index >= 15 is 0 Å². The van der Waals surface area contributed by atoms with Crippen molar-refractivity contribution in [2.75, 3.05) is 6.54 Å². The van der Waals surface area contributed by atoms with Crippen molar-refractivity contribution in [2.24, 2.45) is 0 Å². The zero-order valence-corrected chi connectivity index (χ0v) is 13.0. The molecule has 0 spiro atoms. The number of amides is 1. The summed E-state index contributed by atoms with van der Waals surface area (Å²) in [5.74, 6) is 0. The molecule has 2 rings (SSSR count). The SMILES string of the molecule is CC(C)(C)OC(=O)N1CCc2ncc(I)cc2C1. The molecular formula is C13H17IN2O2. The summed E-state index contributed by atoms with van der Waals surface area (Å²) in [5.41, 5.74) is 1.77. The Morgan fingerprint density at radius 1 is 1.50 bits per heavy atom. The first-order chi connectivity index (χ1) is 8.35. The lowest BCUT2D eigenvalue weighted by molar-refractivity contribution is 0.0222. The summed E-state index contributed by atoms with van der Waals surface area (Å²) in [7, 11) is 0. The molecule has 0 radical (unpaired) electrons. The van der Waals surface area contributed by atoms with Gasteiger partial charge in [-0.3, -0.25) is 4.98 Å². The number of fused-ring (bicyclic) bond motifs is 1. The van der Waals surface area contributed by atoms with E-state index in [-0.39, 0.29) is 6.09 Å². The first-order valence-electron chi connectivity index (χ1n) is 5.96. The van der Waals surface area contributed by atoms with Crippen LogP contribution in [0.5, 0.6) is 0 Å². The van der Waals surface area contributed by atoms with Gasteiger partial charge in [-0.1, -0.05) is 0 Å². The molecular weight excluding hydrogens is 343 g/mol. The van der Waals surface area contributed by atoms with Gasteiger partial charge in [0.15, 0.2) is 0 Å². The van der Waals surface area contributed by atoms with Gasteiger partial charge in [-0.05, 0) is 55.0 Å². The summed E-state index contributed by atoms with van der Waals surface area (Å²) in [4.78, 5) is 18.1. The Labute approximate surface area is 121 Å². The van der Waals surface area contributed by atoms with Gasteiger partial charge in [-0.2, -0.15) is 0 Å². The molecule has 4 nitrogen and oxygen atoms in total. The maximum atomic E-state index is 12.0. The predicted molar refractivity (Wildman–Crippen MR) is 77.3 cm³/mol. The molecule has 0 aromatic carbocycles. The van der Waals surface area contributed by atoms with Crippen LogP contribution in [0.15, 0.2) is 12.3 Å². The molecule has 0 N–H and O–H groups in total. The fourth-order valence-corrected chi connectivity index (χ4v) is 2.39. The quantitative estimate of drug-likeness (QED) is 0.668. The number of carbonyl (C=O) groups is 1. The Hall–Kier alpha value is -0.850. The molecule has 1 aliphatic heterocycles. The average Bonchev–Trinajstić information content (AvgIpc) is 2.25. The smallest absolute Gasteiger partial charge is 0.410 e. The highest BCUT2D eigenvalue weighted by atomic mass is 127. The molecule has 0 fully saturated rings. The van der Waals surface area contributed by atoms with Crippen molar-refractivity contribution in [1.82, 2.24) is 9.88 Å². The first kappa shape index (κ1) is 13.6. The Morgan fingerprint density at radius 2 is 2.22 bits per heavy atom. The monoisotopic (exact) mass is 360 g/mol. The van der Waals surface area contributed by atoms with Crippen molar-refractivity contribution in [3.63, 3.8) is 0 Å². The summed E-state index contributed by atoms with van der Waals surface area (Å²) in [6, 6.07) is 2.08. The molecule has 0 atom stereocenters. The minimum Gasteiger partial charge on any atom is -0.444 e. The molecule has 0 saturated carbocycles. The number of nitrogens with zero attached hydrogens (tertiary/aromatic N) is 2. The number of pyridine rings is 1. The highest BCUT2D eigenvalue weighted by Crippen LogP contribution is 2.21. The Morgan fingerprint density at radius 3 is 2.89 bits per heavy atom. The van der Waals surface area contributed by atoms with Gasteiger partial charge in [0, 0.05) is 28.4 Å². The zero-order valence-electron chi connectivity index (χ0n) is 10.9. The van der Waals surface area contributed by atoms with Crippen molar-refractivity contribution in [2.45, 2.75) is 39.3 Å². The van der Waals surface area contributed by atoms with Crippen molar-refractivity contribution in [1.29, 1.82) is 0 Å². The van der Waals surface area contributed by atoms with Crippen LogP contribution in [0.1, 0.15) is 32.0 Å². The molecule has 1 aromatic heterocycles. The molecule has 0 saturated heterocycles. The number of aromatic nitrogens is 1. The molecule has 0 aliphatic carbocycles. The molecule has 18 heavy (non-hydrogen) atoms. The van der Waals surface area contributed by atoms with Gasteiger partial charge < -0.3 is 9.64 Å². The fraction of sp³-hybridized carbons (Fsp3) is 0.538. The summed E-state index contributed by atoms with van der Waals surface area (Å²) in [6.45, 7) is 6.91. The third-order valence-electron chi connectivity index (χ3n) is 2.66. The van der Waals surface area contributed by atoms with Gasteiger partial charge in [0.25, 0.3) is 0 Å². The second-order valence-electron chi connectivity index (χ2n) is 5.41. The van der Waals surface area contributed by atoms with Crippen molar-refractivity contribution < 1.29 is 9.53 Å². The van der Waals surface area contributed by atoms with E-state index < -0.39 is 5.60 Å². The topological polar surface area (TPSA) is 42.4 Å². The second kappa shape index (κ2) is 5.03. The minimum absolute atomic E-state index is 0.244. The first-order valence-corrected chi connectivity index (χ1v) is 7.04. The van der Waals surface area contributed by atoms with E-state index in [4.69, 9.17) is 4.74 Å². The van der Waals surface area contributed by atoms with Crippen LogP contribution in [0.4, 0.5) is 4.79 Å². The average molecular weight is 360 g/mol. The van der Waals surface area contributed by atoms with Crippen molar-refractivity contribution >= 4 is 28.7 Å². The van der Waals surface area contributed by atoms with Crippen LogP contribution in [0.2, 0.25) is 0 Å². The van der Waals surface area contributed by atoms with Crippen molar-refractivity contribution in [3.8, 4) is 0 Å². The Kier molecular flexibility index (Phi) is 3.79. The van der Waals surface area contributed by atoms with Gasteiger partial charge in [0.2, 0.25) is 0 Å². The van der Waals surface area contributed by atoms with E-state index in [1.54, 1.807) is 4.90 Å². The Bertz CT molecular complexity index is 469. The zero-order chi connectivity index (χ0) is 13.3. The highest BCUT2D eigenvalue weighted by molar-refractivity contribution is 14.1. The van der Waals surface area contributed by atoms with E-state index in [1.165, 1.54) is 0 Å². The molecule has 0 bridgehead atoms. The lowest BCUT2D eigenvalue weighted by Gasteiger charge is -2.30.